The molecule has 0 unspecified atom stereocenters. The monoisotopic (exact) mass is 574 g/mol. The minimum atomic E-state index is -0.317. The van der Waals surface area contributed by atoms with Crippen LogP contribution in [0.2, 0.25) is 0 Å². The van der Waals surface area contributed by atoms with Crippen molar-refractivity contribution in [3.05, 3.63) is 69.6 Å². The van der Waals surface area contributed by atoms with Crippen LogP contribution in [0.3, 0.4) is 0 Å². The number of amides is 2. The minimum absolute atomic E-state index is 0.0569. The van der Waals surface area contributed by atoms with Crippen LogP contribution in [0.25, 0.3) is 11.3 Å². The maximum atomic E-state index is 13.0. The van der Waals surface area contributed by atoms with Crippen LogP contribution in [0, 0.1) is 6.92 Å². The van der Waals surface area contributed by atoms with Crippen molar-refractivity contribution in [1.29, 1.82) is 0 Å². The van der Waals surface area contributed by atoms with E-state index in [0.29, 0.717) is 62.2 Å². The van der Waals surface area contributed by atoms with E-state index in [1.165, 1.54) is 10.9 Å². The van der Waals surface area contributed by atoms with Crippen molar-refractivity contribution < 1.29 is 19.1 Å². The van der Waals surface area contributed by atoms with E-state index >= 15 is 0 Å². The van der Waals surface area contributed by atoms with Crippen molar-refractivity contribution in [1.82, 2.24) is 24.6 Å². The van der Waals surface area contributed by atoms with Crippen LogP contribution >= 0.6 is 0 Å². The van der Waals surface area contributed by atoms with Gasteiger partial charge in [-0.05, 0) is 57.0 Å². The number of carbonyl (C=O) groups excluding carboxylic acids is 2. The highest BCUT2D eigenvalue weighted by Gasteiger charge is 2.34. The highest BCUT2D eigenvalue weighted by Crippen LogP contribution is 2.27. The van der Waals surface area contributed by atoms with E-state index in [2.05, 4.69) is 15.4 Å². The lowest BCUT2D eigenvalue weighted by atomic mass is 9.96. The lowest BCUT2D eigenvalue weighted by Gasteiger charge is -2.42. The summed E-state index contributed by atoms with van der Waals surface area (Å²) in [5, 5.41) is 7.58. The number of pyridine rings is 1. The minimum Gasteiger partial charge on any atom is -0.378 e. The number of nitrogens with zero attached hydrogens (tertiary/aromatic N) is 5. The predicted octanol–water partition coefficient (Wildman–Crippen LogP) is 2.94. The Bertz CT molecular complexity index is 1520. The van der Waals surface area contributed by atoms with Crippen molar-refractivity contribution in [2.45, 2.75) is 45.8 Å². The van der Waals surface area contributed by atoms with Gasteiger partial charge in [0.25, 0.3) is 11.5 Å². The summed E-state index contributed by atoms with van der Waals surface area (Å²) >= 11 is 0. The fourth-order valence-corrected chi connectivity index (χ4v) is 5.15. The van der Waals surface area contributed by atoms with Crippen LogP contribution in [-0.4, -0.2) is 87.5 Å². The SMILES string of the molecule is Cc1c(CC(=O)N2CC(OC(C)(C)C)C2)cccc1-c1cc(Nc2ccc(C(=O)N3CCOCC3)cn2)c(=O)n(C)n1. The number of ether oxygens (including phenoxy) is 2. The molecule has 11 nitrogen and oxygen atoms in total. The number of carbonyl (C=O) groups is 2. The van der Waals surface area contributed by atoms with Gasteiger partial charge in [0.2, 0.25) is 5.91 Å². The van der Waals surface area contributed by atoms with Crippen molar-refractivity contribution in [2.75, 3.05) is 44.7 Å². The summed E-state index contributed by atoms with van der Waals surface area (Å²) in [6, 6.07) is 10.8. The normalized spacial score (nSPS) is 15.8. The molecule has 0 aliphatic carbocycles. The van der Waals surface area contributed by atoms with Gasteiger partial charge in [-0.15, -0.1) is 0 Å². The Morgan fingerprint density at radius 2 is 1.83 bits per heavy atom. The van der Waals surface area contributed by atoms with E-state index in [1.807, 2.05) is 50.8 Å². The molecule has 0 atom stereocenters. The van der Waals surface area contributed by atoms with Crippen LogP contribution in [0.4, 0.5) is 11.5 Å². The zero-order valence-electron chi connectivity index (χ0n) is 24.8. The average Bonchev–Trinajstić information content (AvgIpc) is 2.94. The lowest BCUT2D eigenvalue weighted by Crippen LogP contribution is -2.57. The summed E-state index contributed by atoms with van der Waals surface area (Å²) < 4.78 is 12.6. The molecule has 3 aromatic rings. The van der Waals surface area contributed by atoms with E-state index in [-0.39, 0.29) is 35.5 Å². The number of morpholine rings is 1. The van der Waals surface area contributed by atoms with Gasteiger partial charge >= 0.3 is 0 Å². The van der Waals surface area contributed by atoms with Gasteiger partial charge in [0, 0.05) is 45.0 Å². The fourth-order valence-electron chi connectivity index (χ4n) is 5.15. The standard InChI is InChI=1S/C31H38N6O5/c1-20-21(15-28(38)37-18-23(19-37)42-31(2,3)4)7-6-8-24(20)25-16-26(30(40)35(5)34-25)33-27-10-9-22(17-32-27)29(39)36-11-13-41-14-12-36/h6-10,16-17,23H,11-15,18-19H2,1-5H3,(H,32,33). The molecule has 2 amide bonds. The van der Waals surface area contributed by atoms with E-state index < -0.39 is 0 Å². The highest BCUT2D eigenvalue weighted by molar-refractivity contribution is 5.94. The summed E-state index contributed by atoms with van der Waals surface area (Å²) in [5.41, 5.74) is 3.48. The Kier molecular flexibility index (Phi) is 8.42. The number of hydrogen-bond acceptors (Lipinski definition) is 8. The van der Waals surface area contributed by atoms with Crippen LogP contribution in [0.1, 0.15) is 42.3 Å². The molecule has 2 aromatic heterocycles. The van der Waals surface area contributed by atoms with Gasteiger partial charge < -0.3 is 24.6 Å². The molecular weight excluding hydrogens is 536 g/mol. The first-order valence-corrected chi connectivity index (χ1v) is 14.2. The van der Waals surface area contributed by atoms with Crippen LogP contribution in [0.5, 0.6) is 0 Å². The summed E-state index contributed by atoms with van der Waals surface area (Å²) in [6.07, 6.45) is 1.85. The van der Waals surface area contributed by atoms with Crippen LogP contribution < -0.4 is 10.9 Å². The molecule has 0 radical (unpaired) electrons. The van der Waals surface area contributed by atoms with E-state index in [9.17, 15) is 14.4 Å². The van der Waals surface area contributed by atoms with Gasteiger partial charge in [-0.2, -0.15) is 5.10 Å². The van der Waals surface area contributed by atoms with Gasteiger partial charge in [0.15, 0.2) is 0 Å². The zero-order valence-corrected chi connectivity index (χ0v) is 24.8. The van der Waals surface area contributed by atoms with Crippen molar-refractivity contribution in [3.8, 4) is 11.3 Å². The molecule has 0 spiro atoms. The molecule has 2 saturated heterocycles. The first-order chi connectivity index (χ1) is 20.0. The molecule has 222 valence electrons. The van der Waals surface area contributed by atoms with Gasteiger partial charge in [-0.3, -0.25) is 14.4 Å². The van der Waals surface area contributed by atoms with Crippen LogP contribution in [-0.2, 0) is 27.7 Å². The third-order valence-corrected chi connectivity index (χ3v) is 7.42. The molecule has 5 rings (SSSR count). The summed E-state index contributed by atoms with van der Waals surface area (Å²) in [4.78, 5) is 46.6. The van der Waals surface area contributed by atoms with Crippen LogP contribution in [0.15, 0.2) is 47.4 Å². The fraction of sp³-hybridized carbons (Fsp3) is 0.452. The second-order valence-corrected chi connectivity index (χ2v) is 11.8. The maximum absolute atomic E-state index is 13.0. The Morgan fingerprint density at radius 1 is 1.10 bits per heavy atom. The third-order valence-electron chi connectivity index (χ3n) is 7.42. The maximum Gasteiger partial charge on any atom is 0.290 e. The molecule has 2 aliphatic heterocycles. The van der Waals surface area contributed by atoms with Gasteiger partial charge in [-0.25, -0.2) is 9.67 Å². The topological polar surface area (TPSA) is 119 Å². The number of anilines is 2. The smallest absolute Gasteiger partial charge is 0.290 e. The van der Waals surface area contributed by atoms with Gasteiger partial charge in [-0.1, -0.05) is 18.2 Å². The average molecular weight is 575 g/mol. The molecule has 4 heterocycles. The lowest BCUT2D eigenvalue weighted by molar-refractivity contribution is -0.156. The molecule has 0 bridgehead atoms. The van der Waals surface area contributed by atoms with Crippen molar-refractivity contribution >= 4 is 23.3 Å². The molecular formula is C31H38N6O5. The van der Waals surface area contributed by atoms with Crippen molar-refractivity contribution in [2.24, 2.45) is 7.05 Å². The first kappa shape index (κ1) is 29.4. The number of nitrogens with one attached hydrogen (secondary N) is 1. The largest absolute Gasteiger partial charge is 0.378 e. The van der Waals surface area contributed by atoms with Gasteiger partial charge in [0.1, 0.15) is 11.5 Å². The number of rotatable bonds is 7. The van der Waals surface area contributed by atoms with E-state index in [1.54, 1.807) is 30.1 Å². The second kappa shape index (κ2) is 12.0. The van der Waals surface area contributed by atoms with E-state index in [4.69, 9.17) is 9.47 Å². The molecule has 2 fully saturated rings. The Morgan fingerprint density at radius 3 is 2.50 bits per heavy atom. The molecule has 2 aliphatic rings. The summed E-state index contributed by atoms with van der Waals surface area (Å²) in [6.45, 7) is 11.4. The molecule has 1 aromatic carbocycles. The summed E-state index contributed by atoms with van der Waals surface area (Å²) in [5.74, 6) is 0.393. The first-order valence-electron chi connectivity index (χ1n) is 14.2. The molecule has 42 heavy (non-hydrogen) atoms. The molecule has 0 saturated carbocycles. The summed E-state index contributed by atoms with van der Waals surface area (Å²) in [7, 11) is 1.59. The van der Waals surface area contributed by atoms with Gasteiger partial charge in [0.05, 0.1) is 42.6 Å². The van der Waals surface area contributed by atoms with Crippen molar-refractivity contribution in [3.63, 3.8) is 0 Å². The number of benzene rings is 1. The molecule has 1 N–H and O–H groups in total. The number of aromatic nitrogens is 3. The predicted molar refractivity (Wildman–Crippen MR) is 159 cm³/mol. The Hall–Kier alpha value is -4.09. The second-order valence-electron chi connectivity index (χ2n) is 11.8. The number of aryl methyl sites for hydroxylation is 1. The third kappa shape index (κ3) is 6.69. The zero-order chi connectivity index (χ0) is 30.0. The molecule has 11 heteroatoms. The Balaban J connectivity index is 1.30. The number of hydrogen-bond donors (Lipinski definition) is 1. The highest BCUT2D eigenvalue weighted by atomic mass is 16.5. The quantitative estimate of drug-likeness (QED) is 0.458. The van der Waals surface area contributed by atoms with E-state index in [0.717, 1.165) is 16.7 Å². The number of likely N-dealkylation sites (tertiary alicyclic amines) is 1. The Labute approximate surface area is 245 Å².